The molecule has 2 aromatic heterocycles. The van der Waals surface area contributed by atoms with Crippen molar-refractivity contribution < 1.29 is 4.79 Å². The van der Waals surface area contributed by atoms with Crippen LogP contribution in [0.1, 0.15) is 32.1 Å². The van der Waals surface area contributed by atoms with Crippen LogP contribution >= 0.6 is 11.3 Å². The number of hydrogen-bond donors (Lipinski definition) is 1. The molecular weight excluding hydrogens is 382 g/mol. The number of benzene rings is 2. The molecule has 0 saturated heterocycles. The molecule has 0 aliphatic heterocycles. The zero-order valence-corrected chi connectivity index (χ0v) is 17.3. The summed E-state index contributed by atoms with van der Waals surface area (Å²) in [5, 5.41) is 16.8. The van der Waals surface area contributed by atoms with Crippen molar-refractivity contribution in [1.82, 2.24) is 20.0 Å². The average molecular weight is 404 g/mol. The van der Waals surface area contributed by atoms with Crippen LogP contribution in [-0.4, -0.2) is 25.9 Å². The molecule has 7 heteroatoms. The third-order valence-electron chi connectivity index (χ3n) is 4.54. The topological polar surface area (TPSA) is 72.7 Å². The third-order valence-corrected chi connectivity index (χ3v) is 5.30. The average Bonchev–Trinajstić information content (AvgIpc) is 3.30. The number of carbonyl (C=O) groups is 1. The van der Waals surface area contributed by atoms with Crippen molar-refractivity contribution in [3.63, 3.8) is 0 Å². The second-order valence-electron chi connectivity index (χ2n) is 7.02. The standard InChI is InChI=1S/C22H21N5OS/c1-14-4-8-17(9-5-14)12-27-13-19(21(28)23-22-25-24-16(3)29-22)20(26-27)18-10-6-15(2)7-11-18/h4-11,13H,12H2,1-3H3,(H,23,25,28). The van der Waals surface area contributed by atoms with Crippen LogP contribution in [0, 0.1) is 20.8 Å². The van der Waals surface area contributed by atoms with Gasteiger partial charge in [-0.25, -0.2) is 0 Å². The van der Waals surface area contributed by atoms with Gasteiger partial charge in [0, 0.05) is 11.8 Å². The summed E-state index contributed by atoms with van der Waals surface area (Å²) in [6, 6.07) is 16.3. The van der Waals surface area contributed by atoms with Crippen LogP contribution in [0.3, 0.4) is 0 Å². The van der Waals surface area contributed by atoms with E-state index in [1.165, 1.54) is 16.9 Å². The van der Waals surface area contributed by atoms with Crippen LogP contribution in [0.2, 0.25) is 0 Å². The molecule has 29 heavy (non-hydrogen) atoms. The van der Waals surface area contributed by atoms with E-state index in [9.17, 15) is 4.79 Å². The zero-order valence-electron chi connectivity index (χ0n) is 16.5. The lowest BCUT2D eigenvalue weighted by Crippen LogP contribution is -2.12. The minimum Gasteiger partial charge on any atom is -0.296 e. The molecule has 0 aliphatic carbocycles. The maximum atomic E-state index is 13.0. The van der Waals surface area contributed by atoms with Crippen LogP contribution in [-0.2, 0) is 6.54 Å². The second kappa shape index (κ2) is 7.97. The number of hydrogen-bond acceptors (Lipinski definition) is 5. The molecule has 4 rings (SSSR count). The Labute approximate surface area is 173 Å². The first-order valence-electron chi connectivity index (χ1n) is 9.29. The lowest BCUT2D eigenvalue weighted by atomic mass is 10.1. The lowest BCUT2D eigenvalue weighted by molar-refractivity contribution is 0.102. The summed E-state index contributed by atoms with van der Waals surface area (Å²) in [6.07, 6.45) is 1.79. The van der Waals surface area contributed by atoms with E-state index in [1.807, 2.05) is 38.1 Å². The molecule has 6 nitrogen and oxygen atoms in total. The molecule has 1 N–H and O–H groups in total. The number of nitrogens with zero attached hydrogens (tertiary/aromatic N) is 4. The monoisotopic (exact) mass is 403 g/mol. The molecule has 4 aromatic rings. The van der Waals surface area contributed by atoms with Crippen LogP contribution < -0.4 is 5.32 Å². The number of aryl methyl sites for hydroxylation is 3. The van der Waals surface area contributed by atoms with E-state index < -0.39 is 0 Å². The highest BCUT2D eigenvalue weighted by Gasteiger charge is 2.19. The predicted octanol–water partition coefficient (Wildman–Crippen LogP) is 4.63. The lowest BCUT2D eigenvalue weighted by Gasteiger charge is -2.03. The summed E-state index contributed by atoms with van der Waals surface area (Å²) in [5.74, 6) is -0.244. The van der Waals surface area contributed by atoms with Crippen molar-refractivity contribution in [3.8, 4) is 11.3 Å². The largest absolute Gasteiger partial charge is 0.296 e. The Morgan fingerprint density at radius 2 is 1.62 bits per heavy atom. The predicted molar refractivity (Wildman–Crippen MR) is 115 cm³/mol. The van der Waals surface area contributed by atoms with Gasteiger partial charge in [0.2, 0.25) is 5.13 Å². The van der Waals surface area contributed by atoms with Crippen LogP contribution in [0.15, 0.2) is 54.7 Å². The fourth-order valence-corrected chi connectivity index (χ4v) is 3.57. The van der Waals surface area contributed by atoms with Crippen molar-refractivity contribution in [2.24, 2.45) is 0 Å². The van der Waals surface area contributed by atoms with E-state index in [2.05, 4.69) is 46.7 Å². The molecule has 0 spiro atoms. The van der Waals surface area contributed by atoms with Crippen molar-refractivity contribution in [3.05, 3.63) is 82.0 Å². The quantitative estimate of drug-likeness (QED) is 0.527. The van der Waals surface area contributed by atoms with Crippen molar-refractivity contribution in [2.45, 2.75) is 27.3 Å². The van der Waals surface area contributed by atoms with Gasteiger partial charge in [0.05, 0.1) is 12.1 Å². The smallest absolute Gasteiger partial charge is 0.261 e. The van der Waals surface area contributed by atoms with E-state index in [0.29, 0.717) is 22.9 Å². The van der Waals surface area contributed by atoms with Gasteiger partial charge in [0.1, 0.15) is 10.7 Å². The van der Waals surface area contributed by atoms with E-state index >= 15 is 0 Å². The molecular formula is C22H21N5OS. The van der Waals surface area contributed by atoms with Gasteiger partial charge in [-0.1, -0.05) is 71.0 Å². The molecule has 0 atom stereocenters. The van der Waals surface area contributed by atoms with Crippen LogP contribution in [0.5, 0.6) is 0 Å². The van der Waals surface area contributed by atoms with Crippen LogP contribution in [0.25, 0.3) is 11.3 Å². The van der Waals surface area contributed by atoms with Gasteiger partial charge in [0.25, 0.3) is 5.91 Å². The normalized spacial score (nSPS) is 10.9. The highest BCUT2D eigenvalue weighted by molar-refractivity contribution is 7.15. The van der Waals surface area contributed by atoms with E-state index in [1.54, 1.807) is 10.9 Å². The minimum absolute atomic E-state index is 0.244. The van der Waals surface area contributed by atoms with Gasteiger partial charge in [-0.15, -0.1) is 10.2 Å². The van der Waals surface area contributed by atoms with Crippen LogP contribution in [0.4, 0.5) is 5.13 Å². The Morgan fingerprint density at radius 3 is 2.24 bits per heavy atom. The summed E-state index contributed by atoms with van der Waals surface area (Å²) in [4.78, 5) is 13.0. The summed E-state index contributed by atoms with van der Waals surface area (Å²) < 4.78 is 1.81. The van der Waals surface area contributed by atoms with Gasteiger partial charge >= 0.3 is 0 Å². The molecule has 0 aliphatic rings. The number of carbonyl (C=O) groups excluding carboxylic acids is 1. The van der Waals surface area contributed by atoms with Gasteiger partial charge in [0.15, 0.2) is 0 Å². The van der Waals surface area contributed by atoms with Gasteiger partial charge < -0.3 is 0 Å². The van der Waals surface area contributed by atoms with Gasteiger partial charge in [-0.05, 0) is 26.3 Å². The number of rotatable bonds is 5. The number of nitrogens with one attached hydrogen (secondary N) is 1. The van der Waals surface area contributed by atoms with Crippen molar-refractivity contribution >= 4 is 22.4 Å². The Kier molecular flexibility index (Phi) is 5.22. The molecule has 0 saturated carbocycles. The van der Waals surface area contributed by atoms with Crippen molar-refractivity contribution in [2.75, 3.05) is 5.32 Å². The highest BCUT2D eigenvalue weighted by atomic mass is 32.1. The molecule has 146 valence electrons. The Hall–Kier alpha value is -3.32. The molecule has 2 aromatic carbocycles. The number of aromatic nitrogens is 4. The van der Waals surface area contributed by atoms with Gasteiger partial charge in [-0.3, -0.25) is 14.8 Å². The molecule has 0 fully saturated rings. The third kappa shape index (κ3) is 4.41. The zero-order chi connectivity index (χ0) is 20.4. The first-order chi connectivity index (χ1) is 14.0. The minimum atomic E-state index is -0.244. The Bertz CT molecular complexity index is 1140. The van der Waals surface area contributed by atoms with E-state index in [0.717, 1.165) is 21.7 Å². The SMILES string of the molecule is Cc1ccc(Cn2cc(C(=O)Nc3nnc(C)s3)c(-c3ccc(C)cc3)n2)cc1. The summed E-state index contributed by atoms with van der Waals surface area (Å²) in [5.41, 5.74) is 5.55. The molecule has 0 bridgehead atoms. The Balaban J connectivity index is 1.68. The maximum Gasteiger partial charge on any atom is 0.261 e. The molecule has 1 amide bonds. The summed E-state index contributed by atoms with van der Waals surface area (Å²) in [6.45, 7) is 6.53. The fourth-order valence-electron chi connectivity index (χ4n) is 2.99. The summed E-state index contributed by atoms with van der Waals surface area (Å²) in [7, 11) is 0. The second-order valence-corrected chi connectivity index (χ2v) is 8.20. The molecule has 0 unspecified atom stereocenters. The maximum absolute atomic E-state index is 13.0. The fraction of sp³-hybridized carbons (Fsp3) is 0.182. The van der Waals surface area contributed by atoms with E-state index in [4.69, 9.17) is 5.10 Å². The highest BCUT2D eigenvalue weighted by Crippen LogP contribution is 2.25. The first kappa shape index (κ1) is 19.0. The molecule has 0 radical (unpaired) electrons. The number of amides is 1. The summed E-state index contributed by atoms with van der Waals surface area (Å²) >= 11 is 1.34. The Morgan fingerprint density at radius 1 is 0.966 bits per heavy atom. The van der Waals surface area contributed by atoms with E-state index in [-0.39, 0.29) is 5.91 Å². The van der Waals surface area contributed by atoms with Gasteiger partial charge in [-0.2, -0.15) is 5.10 Å². The first-order valence-corrected chi connectivity index (χ1v) is 10.1. The molecule has 2 heterocycles. The number of anilines is 1. The van der Waals surface area contributed by atoms with Crippen molar-refractivity contribution in [1.29, 1.82) is 0 Å².